The maximum Gasteiger partial charge on any atom is 0.240 e. The number of carbonyl (C=O) groups is 1. The van der Waals surface area contributed by atoms with E-state index in [0.29, 0.717) is 6.04 Å². The Labute approximate surface area is 118 Å². The van der Waals surface area contributed by atoms with Gasteiger partial charge in [-0.2, -0.15) is 0 Å². The molecule has 1 aliphatic rings. The number of hydrogen-bond acceptors (Lipinski definition) is 1. The Morgan fingerprint density at radius 2 is 1.95 bits per heavy atom. The fourth-order valence-corrected chi connectivity index (χ4v) is 2.73. The largest absolute Gasteiger partial charge is 0.335 e. The summed E-state index contributed by atoms with van der Waals surface area (Å²) in [4.78, 5) is 14.8. The summed E-state index contributed by atoms with van der Waals surface area (Å²) in [7, 11) is 0. The zero-order chi connectivity index (χ0) is 14.3. The van der Waals surface area contributed by atoms with Crippen molar-refractivity contribution in [2.75, 3.05) is 6.54 Å². The van der Waals surface area contributed by atoms with Gasteiger partial charge in [0.2, 0.25) is 5.91 Å². The highest BCUT2D eigenvalue weighted by molar-refractivity contribution is 5.85. The lowest BCUT2D eigenvalue weighted by Gasteiger charge is -2.37. The molecule has 1 fully saturated rings. The van der Waals surface area contributed by atoms with Crippen molar-refractivity contribution < 1.29 is 4.79 Å². The molecule has 0 radical (unpaired) electrons. The molecular weight excluding hydrogens is 234 g/mol. The second-order valence-corrected chi connectivity index (χ2v) is 5.82. The van der Waals surface area contributed by atoms with Gasteiger partial charge in [-0.1, -0.05) is 37.3 Å². The Hall–Kier alpha value is -1.23. The summed E-state index contributed by atoms with van der Waals surface area (Å²) >= 11 is 0. The molecule has 2 heteroatoms. The summed E-state index contributed by atoms with van der Waals surface area (Å²) in [6, 6.07) is 0.399. The molecule has 0 aromatic carbocycles. The SMILES string of the molecule is CC#CC(C)(C)C(=O)N(CC=CC)C1CCCCC1. The Morgan fingerprint density at radius 1 is 1.32 bits per heavy atom. The van der Waals surface area contributed by atoms with Crippen LogP contribution in [0.25, 0.3) is 0 Å². The zero-order valence-corrected chi connectivity index (χ0v) is 12.8. The number of nitrogens with zero attached hydrogens (tertiary/aromatic N) is 1. The summed E-state index contributed by atoms with van der Waals surface area (Å²) in [5, 5.41) is 0. The molecule has 0 unspecified atom stereocenters. The third-order valence-corrected chi connectivity index (χ3v) is 3.79. The average Bonchev–Trinajstić information content (AvgIpc) is 2.40. The van der Waals surface area contributed by atoms with Crippen molar-refractivity contribution in [2.24, 2.45) is 5.41 Å². The van der Waals surface area contributed by atoms with Gasteiger partial charge in [0.1, 0.15) is 5.41 Å². The van der Waals surface area contributed by atoms with Crippen molar-refractivity contribution >= 4 is 5.91 Å². The van der Waals surface area contributed by atoms with E-state index >= 15 is 0 Å². The van der Waals surface area contributed by atoms with Gasteiger partial charge in [-0.25, -0.2) is 0 Å². The molecule has 106 valence electrons. The zero-order valence-electron chi connectivity index (χ0n) is 12.8. The van der Waals surface area contributed by atoms with Crippen LogP contribution in [0.2, 0.25) is 0 Å². The molecule has 0 spiro atoms. The smallest absolute Gasteiger partial charge is 0.240 e. The second kappa shape index (κ2) is 7.38. The molecule has 19 heavy (non-hydrogen) atoms. The summed E-state index contributed by atoms with van der Waals surface area (Å²) in [6.45, 7) is 8.37. The molecule has 0 N–H and O–H groups in total. The van der Waals surface area contributed by atoms with Crippen LogP contribution >= 0.6 is 0 Å². The van der Waals surface area contributed by atoms with E-state index in [-0.39, 0.29) is 5.91 Å². The van der Waals surface area contributed by atoms with Gasteiger partial charge < -0.3 is 4.90 Å². The second-order valence-electron chi connectivity index (χ2n) is 5.82. The van der Waals surface area contributed by atoms with Gasteiger partial charge in [-0.15, -0.1) is 5.92 Å². The first-order valence-electron chi connectivity index (χ1n) is 7.39. The van der Waals surface area contributed by atoms with E-state index in [1.807, 2.05) is 31.7 Å². The van der Waals surface area contributed by atoms with Gasteiger partial charge in [0, 0.05) is 12.6 Å². The molecule has 0 aromatic heterocycles. The first-order valence-corrected chi connectivity index (χ1v) is 7.39. The van der Waals surface area contributed by atoms with Crippen molar-refractivity contribution in [3.63, 3.8) is 0 Å². The van der Waals surface area contributed by atoms with E-state index in [1.54, 1.807) is 6.92 Å². The first-order chi connectivity index (χ1) is 9.03. The molecule has 0 heterocycles. The monoisotopic (exact) mass is 261 g/mol. The molecule has 1 aliphatic carbocycles. The van der Waals surface area contributed by atoms with Crippen molar-refractivity contribution in [1.29, 1.82) is 0 Å². The minimum Gasteiger partial charge on any atom is -0.335 e. The highest BCUT2D eigenvalue weighted by atomic mass is 16.2. The van der Waals surface area contributed by atoms with Gasteiger partial charge in [-0.05, 0) is 40.5 Å². The normalized spacial score (nSPS) is 17.1. The van der Waals surface area contributed by atoms with E-state index in [2.05, 4.69) is 17.9 Å². The molecule has 1 rings (SSSR count). The van der Waals surface area contributed by atoms with Gasteiger partial charge >= 0.3 is 0 Å². The molecule has 0 aromatic rings. The number of hydrogen-bond donors (Lipinski definition) is 0. The van der Waals surface area contributed by atoms with E-state index in [1.165, 1.54) is 19.3 Å². The summed E-state index contributed by atoms with van der Waals surface area (Å²) in [5.74, 6) is 6.11. The van der Waals surface area contributed by atoms with Gasteiger partial charge in [0.15, 0.2) is 0 Å². The molecule has 0 bridgehead atoms. The third kappa shape index (κ3) is 4.42. The van der Waals surface area contributed by atoms with E-state index < -0.39 is 5.41 Å². The van der Waals surface area contributed by atoms with Crippen LogP contribution < -0.4 is 0 Å². The fraction of sp³-hybridized carbons (Fsp3) is 0.706. The van der Waals surface area contributed by atoms with Crippen LogP contribution in [0.3, 0.4) is 0 Å². The van der Waals surface area contributed by atoms with Crippen molar-refractivity contribution in [1.82, 2.24) is 4.90 Å². The van der Waals surface area contributed by atoms with Crippen molar-refractivity contribution in [2.45, 2.75) is 65.8 Å². The lowest BCUT2D eigenvalue weighted by molar-refractivity contribution is -0.139. The standard InChI is InChI=1S/C17H27NO/c1-5-7-14-18(15-11-9-8-10-12-15)16(19)17(3,4)13-6-2/h5,7,15H,8-12,14H2,1-4H3. The maximum atomic E-state index is 12.7. The molecule has 0 atom stereocenters. The summed E-state index contributed by atoms with van der Waals surface area (Å²) in [5.41, 5.74) is -0.576. The minimum atomic E-state index is -0.576. The first kappa shape index (κ1) is 15.8. The maximum absolute atomic E-state index is 12.7. The quantitative estimate of drug-likeness (QED) is 0.557. The number of rotatable bonds is 4. The number of amides is 1. The predicted octanol–water partition coefficient (Wildman–Crippen LogP) is 3.77. The third-order valence-electron chi connectivity index (χ3n) is 3.79. The topological polar surface area (TPSA) is 20.3 Å². The van der Waals surface area contributed by atoms with Crippen LogP contribution in [-0.4, -0.2) is 23.4 Å². The van der Waals surface area contributed by atoms with Crippen molar-refractivity contribution in [3.05, 3.63) is 12.2 Å². The van der Waals surface area contributed by atoms with E-state index in [9.17, 15) is 4.79 Å². The van der Waals surface area contributed by atoms with Crippen LogP contribution in [0.4, 0.5) is 0 Å². The molecular formula is C17H27NO. The van der Waals surface area contributed by atoms with Crippen LogP contribution in [0.15, 0.2) is 12.2 Å². The fourth-order valence-electron chi connectivity index (χ4n) is 2.73. The number of allylic oxidation sites excluding steroid dienone is 1. The van der Waals surface area contributed by atoms with Crippen LogP contribution in [0.5, 0.6) is 0 Å². The van der Waals surface area contributed by atoms with Gasteiger partial charge in [-0.3, -0.25) is 4.79 Å². The summed E-state index contributed by atoms with van der Waals surface area (Å²) < 4.78 is 0. The minimum absolute atomic E-state index is 0.173. The lowest BCUT2D eigenvalue weighted by atomic mass is 9.88. The lowest BCUT2D eigenvalue weighted by Crippen LogP contribution is -2.47. The molecule has 1 amide bonds. The van der Waals surface area contributed by atoms with Crippen LogP contribution in [-0.2, 0) is 4.79 Å². The van der Waals surface area contributed by atoms with Crippen LogP contribution in [0.1, 0.15) is 59.8 Å². The Kier molecular flexibility index (Phi) is 6.15. The molecule has 1 saturated carbocycles. The average molecular weight is 261 g/mol. The number of carbonyl (C=O) groups excluding carboxylic acids is 1. The van der Waals surface area contributed by atoms with Crippen LogP contribution in [0, 0.1) is 17.3 Å². The molecule has 0 aliphatic heterocycles. The highest BCUT2D eigenvalue weighted by Crippen LogP contribution is 2.27. The van der Waals surface area contributed by atoms with E-state index in [0.717, 1.165) is 19.4 Å². The van der Waals surface area contributed by atoms with Gasteiger partial charge in [0.25, 0.3) is 0 Å². The van der Waals surface area contributed by atoms with E-state index in [4.69, 9.17) is 0 Å². The highest BCUT2D eigenvalue weighted by Gasteiger charge is 2.34. The van der Waals surface area contributed by atoms with Gasteiger partial charge in [0.05, 0.1) is 0 Å². The Balaban J connectivity index is 2.87. The Morgan fingerprint density at radius 3 is 2.47 bits per heavy atom. The predicted molar refractivity (Wildman–Crippen MR) is 80.6 cm³/mol. The Bertz CT molecular complexity index is 378. The molecule has 2 nitrogen and oxygen atoms in total. The van der Waals surface area contributed by atoms with Crippen molar-refractivity contribution in [3.8, 4) is 11.8 Å². The summed E-state index contributed by atoms with van der Waals surface area (Å²) in [6.07, 6.45) is 10.1. The molecule has 0 saturated heterocycles.